The van der Waals surface area contributed by atoms with E-state index in [1.54, 1.807) is 0 Å². The summed E-state index contributed by atoms with van der Waals surface area (Å²) in [6, 6.07) is 0. The Balaban J connectivity index is 2.06. The van der Waals surface area contributed by atoms with Gasteiger partial charge in [0.05, 0.1) is 11.7 Å². The van der Waals surface area contributed by atoms with Crippen LogP contribution >= 0.6 is 0 Å². The maximum Gasteiger partial charge on any atom is 0.0966 e. The molecule has 2 aliphatic rings. The van der Waals surface area contributed by atoms with Gasteiger partial charge in [0.25, 0.3) is 0 Å². The van der Waals surface area contributed by atoms with Crippen molar-refractivity contribution in [2.24, 2.45) is 0 Å². The van der Waals surface area contributed by atoms with Crippen LogP contribution in [0.25, 0.3) is 0 Å². The molecule has 2 heterocycles. The molecular formula is C10H19NO2. The molecule has 13 heavy (non-hydrogen) atoms. The molecule has 2 rings (SSSR count). The summed E-state index contributed by atoms with van der Waals surface area (Å²) in [5.74, 6) is 0. The average Bonchev–Trinajstić information content (AvgIpc) is 2.20. The Hall–Kier alpha value is -0.120. The van der Waals surface area contributed by atoms with Gasteiger partial charge in [-0.25, -0.2) is 0 Å². The Morgan fingerprint density at radius 3 is 2.85 bits per heavy atom. The van der Waals surface area contributed by atoms with Gasteiger partial charge < -0.3 is 14.8 Å². The van der Waals surface area contributed by atoms with Crippen molar-refractivity contribution in [3.8, 4) is 0 Å². The topological polar surface area (TPSA) is 30.5 Å². The van der Waals surface area contributed by atoms with Crippen LogP contribution in [0.4, 0.5) is 0 Å². The third-order valence-electron chi connectivity index (χ3n) is 3.32. The van der Waals surface area contributed by atoms with E-state index in [2.05, 4.69) is 5.32 Å². The van der Waals surface area contributed by atoms with Crippen molar-refractivity contribution >= 4 is 0 Å². The van der Waals surface area contributed by atoms with Crippen molar-refractivity contribution in [1.82, 2.24) is 5.32 Å². The summed E-state index contributed by atoms with van der Waals surface area (Å²) in [5.41, 5.74) is 0.0399. The molecule has 0 aromatic rings. The lowest BCUT2D eigenvalue weighted by atomic mass is 9.82. The standard InChI is InChI=1S/C10H19NO2/c1-12-9-3-2-8-13-10(9)4-6-11-7-5-10/h9,11H,2-8H2,1H3/t9-/m0/s1. The van der Waals surface area contributed by atoms with E-state index in [-0.39, 0.29) is 5.60 Å². The predicted molar refractivity (Wildman–Crippen MR) is 50.8 cm³/mol. The molecule has 0 aromatic heterocycles. The second-order valence-electron chi connectivity index (χ2n) is 4.03. The zero-order valence-electron chi connectivity index (χ0n) is 8.34. The second kappa shape index (κ2) is 3.95. The lowest BCUT2D eigenvalue weighted by Crippen LogP contribution is -2.55. The van der Waals surface area contributed by atoms with E-state index in [4.69, 9.17) is 9.47 Å². The highest BCUT2D eigenvalue weighted by molar-refractivity contribution is 4.95. The van der Waals surface area contributed by atoms with Crippen LogP contribution in [0, 0.1) is 0 Å². The molecule has 76 valence electrons. The van der Waals surface area contributed by atoms with Gasteiger partial charge >= 0.3 is 0 Å². The lowest BCUT2D eigenvalue weighted by molar-refractivity contribution is -0.177. The van der Waals surface area contributed by atoms with E-state index in [0.717, 1.165) is 45.4 Å². The molecule has 0 amide bonds. The van der Waals surface area contributed by atoms with E-state index in [0.29, 0.717) is 6.10 Å². The summed E-state index contributed by atoms with van der Waals surface area (Å²) < 4.78 is 11.5. The molecule has 0 unspecified atom stereocenters. The monoisotopic (exact) mass is 185 g/mol. The molecule has 2 fully saturated rings. The first-order valence-corrected chi connectivity index (χ1v) is 5.25. The van der Waals surface area contributed by atoms with Gasteiger partial charge in [0, 0.05) is 13.7 Å². The minimum absolute atomic E-state index is 0.0399. The van der Waals surface area contributed by atoms with E-state index < -0.39 is 0 Å². The highest BCUT2D eigenvalue weighted by Crippen LogP contribution is 2.34. The Kier molecular flexibility index (Phi) is 2.86. The Morgan fingerprint density at radius 2 is 2.15 bits per heavy atom. The molecule has 0 radical (unpaired) electrons. The summed E-state index contributed by atoms with van der Waals surface area (Å²) in [7, 11) is 1.81. The number of hydrogen-bond donors (Lipinski definition) is 1. The van der Waals surface area contributed by atoms with Crippen LogP contribution in [-0.4, -0.2) is 38.5 Å². The first kappa shape index (κ1) is 9.44. The van der Waals surface area contributed by atoms with Gasteiger partial charge in [-0.05, 0) is 38.8 Å². The largest absolute Gasteiger partial charge is 0.378 e. The molecule has 1 spiro atoms. The van der Waals surface area contributed by atoms with Gasteiger partial charge in [-0.3, -0.25) is 0 Å². The number of ether oxygens (including phenoxy) is 2. The van der Waals surface area contributed by atoms with Gasteiger partial charge in [-0.15, -0.1) is 0 Å². The zero-order chi connectivity index (χ0) is 9.15. The molecule has 0 saturated carbocycles. The second-order valence-corrected chi connectivity index (χ2v) is 4.03. The van der Waals surface area contributed by atoms with Crippen LogP contribution in [-0.2, 0) is 9.47 Å². The average molecular weight is 185 g/mol. The molecule has 2 aliphatic heterocycles. The fourth-order valence-corrected chi connectivity index (χ4v) is 2.55. The fourth-order valence-electron chi connectivity index (χ4n) is 2.55. The maximum absolute atomic E-state index is 5.94. The number of rotatable bonds is 1. The Bertz CT molecular complexity index is 158. The van der Waals surface area contributed by atoms with Gasteiger partial charge in [0.15, 0.2) is 0 Å². The quantitative estimate of drug-likeness (QED) is 0.659. The van der Waals surface area contributed by atoms with Crippen molar-refractivity contribution in [2.75, 3.05) is 26.8 Å². The molecule has 0 aliphatic carbocycles. The highest BCUT2D eigenvalue weighted by Gasteiger charge is 2.42. The SMILES string of the molecule is CO[C@H]1CCCOC12CCNCC2. The van der Waals surface area contributed by atoms with Crippen LogP contribution in [0.5, 0.6) is 0 Å². The highest BCUT2D eigenvalue weighted by atomic mass is 16.5. The zero-order valence-corrected chi connectivity index (χ0v) is 8.34. The minimum Gasteiger partial charge on any atom is -0.378 e. The van der Waals surface area contributed by atoms with Crippen LogP contribution < -0.4 is 5.32 Å². The normalized spacial score (nSPS) is 33.5. The first-order valence-electron chi connectivity index (χ1n) is 5.25. The molecule has 3 nitrogen and oxygen atoms in total. The van der Waals surface area contributed by atoms with Crippen LogP contribution in [0.3, 0.4) is 0 Å². The van der Waals surface area contributed by atoms with E-state index in [9.17, 15) is 0 Å². The number of hydrogen-bond acceptors (Lipinski definition) is 3. The summed E-state index contributed by atoms with van der Waals surface area (Å²) in [6.45, 7) is 3.06. The Labute approximate surface area is 79.8 Å². The van der Waals surface area contributed by atoms with Crippen molar-refractivity contribution in [1.29, 1.82) is 0 Å². The fraction of sp³-hybridized carbons (Fsp3) is 1.00. The molecule has 3 heteroatoms. The smallest absolute Gasteiger partial charge is 0.0966 e. The lowest BCUT2D eigenvalue weighted by Gasteiger charge is -2.45. The van der Waals surface area contributed by atoms with E-state index >= 15 is 0 Å². The van der Waals surface area contributed by atoms with Crippen molar-refractivity contribution < 1.29 is 9.47 Å². The summed E-state index contributed by atoms with van der Waals surface area (Å²) in [6.07, 6.45) is 4.84. The van der Waals surface area contributed by atoms with Crippen LogP contribution in [0.1, 0.15) is 25.7 Å². The third-order valence-corrected chi connectivity index (χ3v) is 3.32. The maximum atomic E-state index is 5.94. The van der Waals surface area contributed by atoms with E-state index in [1.165, 1.54) is 0 Å². The number of piperidine rings is 1. The molecule has 1 atom stereocenters. The summed E-state index contributed by atoms with van der Waals surface area (Å²) >= 11 is 0. The molecule has 1 N–H and O–H groups in total. The Morgan fingerprint density at radius 1 is 1.38 bits per heavy atom. The molecule has 2 saturated heterocycles. The van der Waals surface area contributed by atoms with Crippen molar-refractivity contribution in [2.45, 2.75) is 37.4 Å². The van der Waals surface area contributed by atoms with Crippen molar-refractivity contribution in [3.05, 3.63) is 0 Å². The third kappa shape index (κ3) is 1.73. The van der Waals surface area contributed by atoms with Crippen LogP contribution in [0.15, 0.2) is 0 Å². The summed E-state index contributed by atoms with van der Waals surface area (Å²) in [5, 5.41) is 3.37. The van der Waals surface area contributed by atoms with Gasteiger partial charge in [-0.1, -0.05) is 0 Å². The van der Waals surface area contributed by atoms with Crippen molar-refractivity contribution in [3.63, 3.8) is 0 Å². The predicted octanol–water partition coefficient (Wildman–Crippen LogP) is 0.934. The molecular weight excluding hydrogens is 166 g/mol. The van der Waals surface area contributed by atoms with E-state index in [1.807, 2.05) is 7.11 Å². The number of methoxy groups -OCH3 is 1. The van der Waals surface area contributed by atoms with Crippen LogP contribution in [0.2, 0.25) is 0 Å². The summed E-state index contributed by atoms with van der Waals surface area (Å²) in [4.78, 5) is 0. The van der Waals surface area contributed by atoms with Gasteiger partial charge in [-0.2, -0.15) is 0 Å². The molecule has 0 aromatic carbocycles. The first-order chi connectivity index (χ1) is 6.37. The minimum atomic E-state index is 0.0399. The van der Waals surface area contributed by atoms with Gasteiger partial charge in [0.2, 0.25) is 0 Å². The molecule has 0 bridgehead atoms. The number of nitrogens with one attached hydrogen (secondary N) is 1. The van der Waals surface area contributed by atoms with Gasteiger partial charge in [0.1, 0.15) is 0 Å².